The first-order chi connectivity index (χ1) is 35.3. The van der Waals surface area contributed by atoms with Gasteiger partial charge in [-0.25, -0.2) is 0 Å². The van der Waals surface area contributed by atoms with Crippen LogP contribution in [0.3, 0.4) is 0 Å². The minimum absolute atomic E-state index is 0.508. The van der Waals surface area contributed by atoms with E-state index in [4.69, 9.17) is 6.58 Å². The summed E-state index contributed by atoms with van der Waals surface area (Å²) < 4.78 is 0. The maximum atomic E-state index is 4.82. The number of hydrogen-bond acceptors (Lipinski definition) is 0. The summed E-state index contributed by atoms with van der Waals surface area (Å²) in [5, 5.41) is 0. The fourth-order valence-corrected chi connectivity index (χ4v) is 8.97. The lowest BCUT2D eigenvalue weighted by atomic mass is 9.72. The second kappa shape index (κ2) is 23.5. The van der Waals surface area contributed by atoms with Crippen LogP contribution < -0.4 is 0 Å². The van der Waals surface area contributed by atoms with Crippen LogP contribution in [0.4, 0.5) is 0 Å². The van der Waals surface area contributed by atoms with Crippen LogP contribution in [-0.4, -0.2) is 0 Å². The zero-order valence-electron chi connectivity index (χ0n) is 43.9. The Morgan fingerprint density at radius 1 is 0.438 bits per heavy atom. The monoisotopic (exact) mass is 941 g/mol. The Balaban J connectivity index is 1.70. The van der Waals surface area contributed by atoms with Crippen LogP contribution >= 0.6 is 0 Å². The molecule has 0 heterocycles. The van der Waals surface area contributed by atoms with E-state index in [1.54, 1.807) is 0 Å². The van der Waals surface area contributed by atoms with E-state index in [2.05, 4.69) is 273 Å². The normalized spacial score (nSPS) is 17.9. The van der Waals surface area contributed by atoms with E-state index in [1.807, 2.05) is 6.08 Å². The summed E-state index contributed by atoms with van der Waals surface area (Å²) in [6.07, 6.45) is 15.1. The maximum absolute atomic E-state index is 4.82. The van der Waals surface area contributed by atoms with E-state index in [0.29, 0.717) is 6.42 Å². The lowest BCUT2D eigenvalue weighted by Gasteiger charge is -2.30. The van der Waals surface area contributed by atoms with Gasteiger partial charge in [-0.3, -0.25) is 0 Å². The standard InChI is InChI=1S/C73H64/c1-11-50(2)13-12-14-58(10)49-69-72(64-42-25-56(8)26-43-64)67(47-36-60-31-17-52(4)18-32-60)70(62-38-21-54(6)22-39-62)66(46-35-59-29-15-51(3)16-30-59)71(63-40-23-55(7)24-41-63)68(48-37-61-33-19-53(5)20-34-61)73(69)65-44-27-57(9)28-45-65/h11-27,29-34,38-44H,1,10,28,45,49H2,2-9H3/b14-12+,50-13-,70-66-,70-67?,71-66?,71-68-,72-67-,72-69?,73-68?,73-69-. The molecule has 0 saturated heterocycles. The average Bonchev–Trinajstić information content (AvgIpc) is 3.39. The van der Waals surface area contributed by atoms with Gasteiger partial charge in [0, 0.05) is 50.1 Å². The van der Waals surface area contributed by atoms with Crippen LogP contribution in [0.15, 0.2) is 245 Å². The van der Waals surface area contributed by atoms with Gasteiger partial charge in [-0.05, 0) is 144 Å². The summed E-state index contributed by atoms with van der Waals surface area (Å²) >= 11 is 0. The number of aryl methyl sites for hydroxylation is 6. The summed E-state index contributed by atoms with van der Waals surface area (Å²) in [6, 6.07) is 52.3. The minimum atomic E-state index is 0.508. The maximum Gasteiger partial charge on any atom is 0.0431 e. The average molecular weight is 941 g/mol. The molecule has 0 bridgehead atoms. The summed E-state index contributed by atoms with van der Waals surface area (Å²) in [4.78, 5) is 0. The van der Waals surface area contributed by atoms with Crippen molar-refractivity contribution < 1.29 is 0 Å². The molecule has 0 aromatic heterocycles. The zero-order chi connectivity index (χ0) is 51.4. The number of rotatable bonds is 9. The summed E-state index contributed by atoms with van der Waals surface area (Å²) in [6.45, 7) is 25.9. The van der Waals surface area contributed by atoms with Crippen molar-refractivity contribution in [2.75, 3.05) is 0 Å². The Labute approximate surface area is 436 Å². The first-order valence-electron chi connectivity index (χ1n) is 25.3. The van der Waals surface area contributed by atoms with Crippen molar-refractivity contribution in [3.63, 3.8) is 0 Å². The van der Waals surface area contributed by atoms with Crippen LogP contribution in [0, 0.1) is 77.1 Å². The number of allylic oxidation sites excluding steroid dienone is 18. The van der Waals surface area contributed by atoms with E-state index in [1.165, 1.54) is 39.0 Å². The first-order valence-corrected chi connectivity index (χ1v) is 25.3. The van der Waals surface area contributed by atoms with Gasteiger partial charge in [-0.1, -0.05) is 244 Å². The van der Waals surface area contributed by atoms with Crippen molar-refractivity contribution in [3.05, 3.63) is 312 Å². The summed E-state index contributed by atoms with van der Waals surface area (Å²) in [5.41, 5.74) is 25.2. The highest BCUT2D eigenvalue weighted by molar-refractivity contribution is 6.10. The Hall–Kier alpha value is -8.60. The van der Waals surface area contributed by atoms with Gasteiger partial charge in [-0.2, -0.15) is 0 Å². The van der Waals surface area contributed by atoms with Gasteiger partial charge in [0.1, 0.15) is 0 Å². The highest BCUT2D eigenvalue weighted by atomic mass is 14.3. The molecule has 8 rings (SSSR count). The van der Waals surface area contributed by atoms with Crippen LogP contribution in [0.25, 0.3) is 16.7 Å². The molecule has 0 nitrogen and oxygen atoms in total. The fourth-order valence-electron chi connectivity index (χ4n) is 8.97. The molecule has 2 aliphatic rings. The predicted octanol–water partition coefficient (Wildman–Crippen LogP) is 18.0. The van der Waals surface area contributed by atoms with Crippen molar-refractivity contribution in [2.45, 2.75) is 74.7 Å². The molecular formula is C73H64. The molecule has 6 aromatic rings. The Kier molecular flexibility index (Phi) is 16.4. The third kappa shape index (κ3) is 12.8. The van der Waals surface area contributed by atoms with Crippen LogP contribution in [0.2, 0.25) is 0 Å². The molecule has 6 aromatic carbocycles. The highest BCUT2D eigenvalue weighted by Crippen LogP contribution is 2.49. The van der Waals surface area contributed by atoms with Gasteiger partial charge >= 0.3 is 0 Å². The van der Waals surface area contributed by atoms with Gasteiger partial charge in [0.05, 0.1) is 0 Å². The quantitative estimate of drug-likeness (QED) is 0.100. The molecule has 0 radical (unpaired) electrons. The minimum Gasteiger partial charge on any atom is -0.0988 e. The number of benzene rings is 6. The molecule has 0 unspecified atom stereocenters. The topological polar surface area (TPSA) is 0 Å². The third-order valence-corrected chi connectivity index (χ3v) is 13.4. The zero-order valence-corrected chi connectivity index (χ0v) is 43.9. The van der Waals surface area contributed by atoms with Crippen molar-refractivity contribution in [1.82, 2.24) is 0 Å². The molecule has 0 saturated carbocycles. The lowest BCUT2D eigenvalue weighted by Crippen LogP contribution is -2.13. The molecule has 0 amide bonds. The van der Waals surface area contributed by atoms with Crippen molar-refractivity contribution in [1.29, 1.82) is 0 Å². The molecule has 2 aliphatic carbocycles. The van der Waals surface area contributed by atoms with Crippen LogP contribution in [0.5, 0.6) is 0 Å². The fraction of sp³-hybridized carbons (Fsp3) is 0.151. The van der Waals surface area contributed by atoms with Gasteiger partial charge in [-0.15, -0.1) is 0 Å². The van der Waals surface area contributed by atoms with Gasteiger partial charge in [0.2, 0.25) is 0 Å². The van der Waals surface area contributed by atoms with Gasteiger partial charge in [0.15, 0.2) is 0 Å². The van der Waals surface area contributed by atoms with E-state index < -0.39 is 0 Å². The van der Waals surface area contributed by atoms with Gasteiger partial charge < -0.3 is 0 Å². The molecular weight excluding hydrogens is 877 g/mol. The van der Waals surface area contributed by atoms with E-state index in [-0.39, 0.29) is 0 Å². The van der Waals surface area contributed by atoms with E-state index >= 15 is 0 Å². The largest absolute Gasteiger partial charge is 0.0988 e. The molecule has 0 atom stereocenters. The highest BCUT2D eigenvalue weighted by Gasteiger charge is 2.32. The number of hydrogen-bond donors (Lipinski definition) is 0. The smallest absolute Gasteiger partial charge is 0.0431 e. The molecule has 0 fully saturated rings. The molecule has 0 aliphatic heterocycles. The Morgan fingerprint density at radius 2 is 0.795 bits per heavy atom. The SMILES string of the molecule is C=C/C(C)=C\C=C\C(=C)CC1=C(C2=CC=C(C)CC2)/C(C#Cc2ccc(C)cc2)=C(c2ccc(C)cc2)\C(C#Cc2ccc(C)cc2)=C(c2ccc(C)cc2)/C(C#Cc2ccc(C)cc2)=C\1c1ccc(C)cc1. The molecule has 0 spiro atoms. The molecule has 73 heavy (non-hydrogen) atoms. The van der Waals surface area contributed by atoms with Crippen molar-refractivity contribution >= 4 is 16.7 Å². The summed E-state index contributed by atoms with van der Waals surface area (Å²) in [5.74, 6) is 23.1. The molecule has 0 heteroatoms. The van der Waals surface area contributed by atoms with E-state index in [0.717, 1.165) is 108 Å². The Morgan fingerprint density at radius 3 is 1.16 bits per heavy atom. The molecule has 356 valence electrons. The second-order valence-electron chi connectivity index (χ2n) is 19.6. The van der Waals surface area contributed by atoms with Crippen molar-refractivity contribution in [3.8, 4) is 35.5 Å². The van der Waals surface area contributed by atoms with Crippen LogP contribution in [0.1, 0.15) is 99.9 Å². The van der Waals surface area contributed by atoms with E-state index in [9.17, 15) is 0 Å². The van der Waals surface area contributed by atoms with Crippen molar-refractivity contribution in [2.24, 2.45) is 0 Å². The first kappa shape index (κ1) is 50.8. The third-order valence-electron chi connectivity index (χ3n) is 13.4. The predicted molar refractivity (Wildman–Crippen MR) is 313 cm³/mol. The molecule has 0 N–H and O–H groups in total. The Bertz CT molecular complexity index is 3540. The van der Waals surface area contributed by atoms with Crippen LogP contribution in [-0.2, 0) is 0 Å². The second-order valence-corrected chi connectivity index (χ2v) is 19.6. The van der Waals surface area contributed by atoms with Gasteiger partial charge in [0.25, 0.3) is 0 Å². The lowest BCUT2D eigenvalue weighted by molar-refractivity contribution is 0.911. The summed E-state index contributed by atoms with van der Waals surface area (Å²) in [7, 11) is 0.